The van der Waals surface area contributed by atoms with E-state index in [0.717, 1.165) is 0 Å². The van der Waals surface area contributed by atoms with Crippen molar-refractivity contribution in [1.29, 1.82) is 0 Å². The van der Waals surface area contributed by atoms with Gasteiger partial charge in [-0.25, -0.2) is 15.0 Å². The Morgan fingerprint density at radius 2 is 2.08 bits per heavy atom. The van der Waals surface area contributed by atoms with Crippen LogP contribution < -0.4 is 5.32 Å². The molecule has 2 aromatic heterocycles. The number of fused-ring (bicyclic) bond motifs is 1. The smallest absolute Gasteiger partial charge is 0.167 e. The normalized spacial score (nSPS) is 26.7. The number of hydrogen-bond acceptors (Lipinski definition) is 8. The predicted octanol–water partition coefficient (Wildman–Crippen LogP) is -0.184. The van der Waals surface area contributed by atoms with Crippen LogP contribution in [-0.2, 0) is 4.74 Å². The Morgan fingerprint density at radius 3 is 2.75 bits per heavy atom. The Bertz CT molecular complexity index is 743. The van der Waals surface area contributed by atoms with Crippen molar-refractivity contribution in [3.8, 4) is 0 Å². The van der Waals surface area contributed by atoms with Crippen LogP contribution >= 0.6 is 0 Å². The molecule has 9 heteroatoms. The fourth-order valence-corrected chi connectivity index (χ4v) is 2.63. The van der Waals surface area contributed by atoms with Crippen molar-refractivity contribution in [3.05, 3.63) is 24.3 Å². The van der Waals surface area contributed by atoms with Crippen molar-refractivity contribution < 1.29 is 20.1 Å². The zero-order valence-electron chi connectivity index (χ0n) is 13.5. The summed E-state index contributed by atoms with van der Waals surface area (Å²) in [7, 11) is 0. The van der Waals surface area contributed by atoms with Gasteiger partial charge in [-0.2, -0.15) is 0 Å². The molecule has 1 saturated heterocycles. The Labute approximate surface area is 138 Å². The lowest BCUT2D eigenvalue weighted by molar-refractivity contribution is -0.0511. The molecule has 4 N–H and O–H groups in total. The van der Waals surface area contributed by atoms with Crippen molar-refractivity contribution in [3.63, 3.8) is 0 Å². The third-order valence-corrected chi connectivity index (χ3v) is 3.93. The van der Waals surface area contributed by atoms with Gasteiger partial charge in [0.15, 0.2) is 23.2 Å². The molecule has 0 spiro atoms. The number of ether oxygens (including phenoxy) is 1. The minimum atomic E-state index is -1.18. The van der Waals surface area contributed by atoms with Gasteiger partial charge in [-0.05, 0) is 13.8 Å². The maximum atomic E-state index is 10.2. The summed E-state index contributed by atoms with van der Waals surface area (Å²) in [4.78, 5) is 12.7. The van der Waals surface area contributed by atoms with Gasteiger partial charge in [-0.15, -0.1) is 0 Å². The van der Waals surface area contributed by atoms with Crippen LogP contribution in [0, 0.1) is 0 Å². The maximum Gasteiger partial charge on any atom is 0.167 e. The van der Waals surface area contributed by atoms with Gasteiger partial charge < -0.3 is 25.4 Å². The fraction of sp³-hybridized carbons (Fsp3) is 0.533. The van der Waals surface area contributed by atoms with E-state index in [2.05, 4.69) is 20.3 Å². The molecular weight excluding hydrogens is 314 g/mol. The Balaban J connectivity index is 1.90. The van der Waals surface area contributed by atoms with Crippen LogP contribution in [0.2, 0.25) is 0 Å². The fourth-order valence-electron chi connectivity index (χ4n) is 2.63. The Morgan fingerprint density at radius 1 is 1.29 bits per heavy atom. The van der Waals surface area contributed by atoms with Gasteiger partial charge in [-0.1, -0.05) is 11.6 Å². The number of nitrogens with one attached hydrogen (secondary N) is 1. The summed E-state index contributed by atoms with van der Waals surface area (Å²) in [6.07, 6.45) is 0.823. The molecule has 4 atom stereocenters. The van der Waals surface area contributed by atoms with Gasteiger partial charge in [0.2, 0.25) is 0 Å². The third kappa shape index (κ3) is 2.98. The second-order valence-corrected chi connectivity index (χ2v) is 5.94. The largest absolute Gasteiger partial charge is 0.394 e. The zero-order chi connectivity index (χ0) is 17.3. The first-order valence-electron chi connectivity index (χ1n) is 7.70. The lowest BCUT2D eigenvalue weighted by Crippen LogP contribution is -2.33. The quantitative estimate of drug-likeness (QED) is 0.554. The van der Waals surface area contributed by atoms with E-state index in [9.17, 15) is 15.3 Å². The van der Waals surface area contributed by atoms with Gasteiger partial charge >= 0.3 is 0 Å². The number of anilines is 1. The molecule has 0 bridgehead atoms. The van der Waals surface area contributed by atoms with Crippen LogP contribution in [0.15, 0.2) is 24.3 Å². The molecular formula is C15H21N5O4. The van der Waals surface area contributed by atoms with E-state index in [1.807, 2.05) is 19.9 Å². The first kappa shape index (κ1) is 16.8. The summed E-state index contributed by atoms with van der Waals surface area (Å²) in [5.74, 6) is 0.572. The number of aliphatic hydroxyl groups excluding tert-OH is 3. The summed E-state index contributed by atoms with van der Waals surface area (Å²) in [5, 5.41) is 32.4. The summed E-state index contributed by atoms with van der Waals surface area (Å²) in [5.41, 5.74) is 2.20. The molecule has 3 unspecified atom stereocenters. The molecule has 130 valence electrons. The first-order valence-corrected chi connectivity index (χ1v) is 7.70. The minimum absolute atomic E-state index is 0.383. The van der Waals surface area contributed by atoms with Crippen LogP contribution in [0.25, 0.3) is 11.2 Å². The number of imidazole rings is 1. The molecule has 1 fully saturated rings. The predicted molar refractivity (Wildman–Crippen MR) is 86.3 cm³/mol. The number of allylic oxidation sites excluding steroid dienone is 1. The van der Waals surface area contributed by atoms with Crippen molar-refractivity contribution in [2.24, 2.45) is 0 Å². The standard InChI is InChI=1S/C15H21N5O4/c1-8(2)3-4-16-13-10-14(18-6-17-13)20(7-19-10)15-12(23)11(22)9(5-21)24-15/h3,6-7,9,11-12,15,21-23H,4-5H2,1-2H3,(H,16,17,18)/t9?,11?,12-,15?/m1/s1. The van der Waals surface area contributed by atoms with Crippen molar-refractivity contribution >= 4 is 17.0 Å². The molecule has 3 rings (SSSR count). The van der Waals surface area contributed by atoms with Gasteiger partial charge in [0.25, 0.3) is 0 Å². The van der Waals surface area contributed by atoms with Crippen LogP contribution in [0.5, 0.6) is 0 Å². The number of rotatable bonds is 5. The topological polar surface area (TPSA) is 126 Å². The lowest BCUT2D eigenvalue weighted by atomic mass is 10.1. The summed E-state index contributed by atoms with van der Waals surface area (Å²) in [6, 6.07) is 0. The molecule has 3 heterocycles. The van der Waals surface area contributed by atoms with Crippen LogP contribution in [0.4, 0.5) is 5.82 Å². The second-order valence-electron chi connectivity index (χ2n) is 5.94. The van der Waals surface area contributed by atoms with Crippen molar-refractivity contribution in [1.82, 2.24) is 19.5 Å². The zero-order valence-corrected chi connectivity index (χ0v) is 13.5. The molecule has 2 aromatic rings. The molecule has 0 aliphatic carbocycles. The highest BCUT2D eigenvalue weighted by molar-refractivity contribution is 5.82. The van der Waals surface area contributed by atoms with E-state index >= 15 is 0 Å². The highest BCUT2D eigenvalue weighted by Gasteiger charge is 2.43. The van der Waals surface area contributed by atoms with E-state index in [1.165, 1.54) is 22.8 Å². The van der Waals surface area contributed by atoms with Crippen molar-refractivity contribution in [2.45, 2.75) is 38.4 Å². The summed E-state index contributed by atoms with van der Waals surface area (Å²) < 4.78 is 7.06. The molecule has 0 amide bonds. The molecule has 0 aromatic carbocycles. The van der Waals surface area contributed by atoms with Gasteiger partial charge in [0.05, 0.1) is 12.9 Å². The van der Waals surface area contributed by atoms with E-state index in [-0.39, 0.29) is 6.61 Å². The number of aromatic nitrogens is 4. The first-order chi connectivity index (χ1) is 11.5. The number of hydrogen-bond donors (Lipinski definition) is 4. The SMILES string of the molecule is CC(C)=CCNc1ncnc2c1ncn2C1OC(CO)C(O)[C@H]1O. The second kappa shape index (κ2) is 6.81. The summed E-state index contributed by atoms with van der Waals surface area (Å²) in [6.45, 7) is 4.24. The maximum absolute atomic E-state index is 10.2. The van der Waals surface area contributed by atoms with Crippen LogP contribution in [-0.4, -0.2) is 66.3 Å². The molecule has 24 heavy (non-hydrogen) atoms. The van der Waals surface area contributed by atoms with Gasteiger partial charge in [0, 0.05) is 6.54 Å². The Kier molecular flexibility index (Phi) is 4.76. The average Bonchev–Trinajstić information content (AvgIpc) is 3.10. The molecule has 0 saturated carbocycles. The highest BCUT2D eigenvalue weighted by Crippen LogP contribution is 2.31. The average molecular weight is 335 g/mol. The van der Waals surface area contributed by atoms with Gasteiger partial charge in [-0.3, -0.25) is 4.57 Å². The van der Waals surface area contributed by atoms with Crippen LogP contribution in [0.1, 0.15) is 20.1 Å². The molecule has 1 aliphatic heterocycles. The minimum Gasteiger partial charge on any atom is -0.394 e. The molecule has 1 aliphatic rings. The Hall–Kier alpha value is -2.07. The number of nitrogens with zero attached hydrogens (tertiary/aromatic N) is 4. The molecule has 9 nitrogen and oxygen atoms in total. The van der Waals surface area contributed by atoms with E-state index in [1.54, 1.807) is 0 Å². The number of aliphatic hydroxyl groups is 3. The monoisotopic (exact) mass is 335 g/mol. The van der Waals surface area contributed by atoms with E-state index in [4.69, 9.17) is 4.74 Å². The van der Waals surface area contributed by atoms with E-state index in [0.29, 0.717) is 23.5 Å². The lowest BCUT2D eigenvalue weighted by Gasteiger charge is -2.16. The van der Waals surface area contributed by atoms with Crippen molar-refractivity contribution in [2.75, 3.05) is 18.5 Å². The van der Waals surface area contributed by atoms with Gasteiger partial charge in [0.1, 0.15) is 24.6 Å². The van der Waals surface area contributed by atoms with Crippen LogP contribution in [0.3, 0.4) is 0 Å². The summed E-state index contributed by atoms with van der Waals surface area (Å²) >= 11 is 0. The van der Waals surface area contributed by atoms with E-state index < -0.39 is 24.5 Å². The highest BCUT2D eigenvalue weighted by atomic mass is 16.6. The third-order valence-electron chi connectivity index (χ3n) is 3.93. The molecule has 0 radical (unpaired) electrons.